The van der Waals surface area contributed by atoms with Crippen molar-refractivity contribution in [3.05, 3.63) is 70.7 Å². The van der Waals surface area contributed by atoms with Gasteiger partial charge in [0, 0.05) is 11.9 Å². The monoisotopic (exact) mass is 341 g/mol. The van der Waals surface area contributed by atoms with Crippen LogP contribution < -0.4 is 10.1 Å². The summed E-state index contributed by atoms with van der Waals surface area (Å²) in [6.07, 6.45) is 0. The van der Waals surface area contributed by atoms with E-state index in [2.05, 4.69) is 51.6 Å². The molecule has 0 aliphatic heterocycles. The van der Waals surface area contributed by atoms with Crippen LogP contribution in [-0.4, -0.2) is 7.05 Å². The van der Waals surface area contributed by atoms with Crippen molar-refractivity contribution < 1.29 is 4.74 Å². The zero-order valence-electron chi connectivity index (χ0n) is 11.8. The third kappa shape index (κ3) is 3.09. The maximum absolute atomic E-state index is 6.09. The Morgan fingerprint density at radius 1 is 0.952 bits per heavy atom. The lowest BCUT2D eigenvalue weighted by Gasteiger charge is -2.11. The maximum Gasteiger partial charge on any atom is 0.141 e. The van der Waals surface area contributed by atoms with Gasteiger partial charge in [0.2, 0.25) is 0 Å². The number of halogens is 1. The molecule has 0 spiro atoms. The van der Waals surface area contributed by atoms with Crippen molar-refractivity contribution in [2.24, 2.45) is 0 Å². The Labute approximate surface area is 132 Å². The highest BCUT2D eigenvalue weighted by atomic mass is 79.9. The molecule has 3 aromatic rings. The Hall–Kier alpha value is -1.84. The topological polar surface area (TPSA) is 21.3 Å². The second-order valence-electron chi connectivity index (χ2n) is 4.87. The first-order valence-electron chi connectivity index (χ1n) is 6.86. The molecule has 0 amide bonds. The zero-order valence-corrected chi connectivity index (χ0v) is 13.4. The number of fused-ring (bicyclic) bond motifs is 1. The van der Waals surface area contributed by atoms with Crippen LogP contribution in [0.5, 0.6) is 11.5 Å². The summed E-state index contributed by atoms with van der Waals surface area (Å²) < 4.78 is 7.05. The number of hydrogen-bond donors (Lipinski definition) is 1. The van der Waals surface area contributed by atoms with Gasteiger partial charge in [-0.15, -0.1) is 0 Å². The third-order valence-corrected chi connectivity index (χ3v) is 3.97. The van der Waals surface area contributed by atoms with Gasteiger partial charge in [-0.25, -0.2) is 0 Å². The molecular formula is C18H16BrNO. The van der Waals surface area contributed by atoms with Crippen molar-refractivity contribution in [3.8, 4) is 11.5 Å². The van der Waals surface area contributed by atoms with E-state index in [0.717, 1.165) is 27.9 Å². The SMILES string of the molecule is CNCc1ccc(Oc2cccc3ccccc23)c(Br)c1. The van der Waals surface area contributed by atoms with Gasteiger partial charge in [0.05, 0.1) is 4.47 Å². The molecule has 21 heavy (non-hydrogen) atoms. The number of ether oxygens (including phenoxy) is 1. The number of rotatable bonds is 4. The van der Waals surface area contributed by atoms with Crippen molar-refractivity contribution in [3.63, 3.8) is 0 Å². The first-order valence-corrected chi connectivity index (χ1v) is 7.66. The Bertz CT molecular complexity index is 765. The first-order chi connectivity index (χ1) is 10.3. The van der Waals surface area contributed by atoms with Crippen molar-refractivity contribution in [1.29, 1.82) is 0 Å². The minimum absolute atomic E-state index is 0.825. The molecule has 0 heterocycles. The van der Waals surface area contributed by atoms with Gasteiger partial charge in [-0.05, 0) is 52.1 Å². The molecule has 106 valence electrons. The highest BCUT2D eigenvalue weighted by molar-refractivity contribution is 9.10. The van der Waals surface area contributed by atoms with Crippen LogP contribution in [0.3, 0.4) is 0 Å². The summed E-state index contributed by atoms with van der Waals surface area (Å²) in [4.78, 5) is 0. The lowest BCUT2D eigenvalue weighted by molar-refractivity contribution is 0.485. The molecule has 2 nitrogen and oxygen atoms in total. The van der Waals surface area contributed by atoms with Gasteiger partial charge >= 0.3 is 0 Å². The first kappa shape index (κ1) is 14.1. The maximum atomic E-state index is 6.09. The fourth-order valence-electron chi connectivity index (χ4n) is 2.34. The molecule has 0 fully saturated rings. The molecule has 3 heteroatoms. The van der Waals surface area contributed by atoms with E-state index in [4.69, 9.17) is 4.74 Å². The molecule has 0 saturated heterocycles. The molecule has 0 aromatic heterocycles. The molecule has 0 atom stereocenters. The Morgan fingerprint density at radius 2 is 1.76 bits per heavy atom. The molecule has 3 rings (SSSR count). The van der Waals surface area contributed by atoms with Gasteiger partial charge in [0.15, 0.2) is 0 Å². The van der Waals surface area contributed by atoms with E-state index in [1.165, 1.54) is 10.9 Å². The van der Waals surface area contributed by atoms with E-state index in [1.54, 1.807) is 0 Å². The van der Waals surface area contributed by atoms with Gasteiger partial charge in [0.25, 0.3) is 0 Å². The molecular weight excluding hydrogens is 326 g/mol. The van der Waals surface area contributed by atoms with Crippen molar-refractivity contribution in [1.82, 2.24) is 5.32 Å². The molecule has 0 aliphatic carbocycles. The molecule has 0 unspecified atom stereocenters. The lowest BCUT2D eigenvalue weighted by Crippen LogP contribution is -2.04. The summed E-state index contributed by atoms with van der Waals surface area (Å²) in [6, 6.07) is 20.5. The average Bonchev–Trinajstić information content (AvgIpc) is 2.51. The van der Waals surface area contributed by atoms with Gasteiger partial charge in [-0.1, -0.05) is 42.5 Å². The highest BCUT2D eigenvalue weighted by Crippen LogP contribution is 2.34. The van der Waals surface area contributed by atoms with Crippen LogP contribution in [-0.2, 0) is 6.54 Å². The second kappa shape index (κ2) is 6.29. The molecule has 0 radical (unpaired) electrons. The van der Waals surface area contributed by atoms with Crippen LogP contribution in [0.4, 0.5) is 0 Å². The summed E-state index contributed by atoms with van der Waals surface area (Å²) in [6.45, 7) is 0.840. The van der Waals surface area contributed by atoms with Crippen molar-refractivity contribution >= 4 is 26.7 Å². The summed E-state index contributed by atoms with van der Waals surface area (Å²) in [5.41, 5.74) is 1.22. The van der Waals surface area contributed by atoms with Crippen LogP contribution in [0.2, 0.25) is 0 Å². The largest absolute Gasteiger partial charge is 0.456 e. The summed E-state index contributed by atoms with van der Waals surface area (Å²) in [7, 11) is 1.94. The van der Waals surface area contributed by atoms with Crippen LogP contribution in [0.1, 0.15) is 5.56 Å². The van der Waals surface area contributed by atoms with Crippen LogP contribution in [0.15, 0.2) is 65.1 Å². The molecule has 0 bridgehead atoms. The highest BCUT2D eigenvalue weighted by Gasteiger charge is 2.06. The average molecular weight is 342 g/mol. The van der Waals surface area contributed by atoms with Crippen molar-refractivity contribution in [2.45, 2.75) is 6.54 Å². The van der Waals surface area contributed by atoms with E-state index in [0.29, 0.717) is 0 Å². The normalized spacial score (nSPS) is 10.8. The Morgan fingerprint density at radius 3 is 2.57 bits per heavy atom. The summed E-state index contributed by atoms with van der Waals surface area (Å²) >= 11 is 3.59. The predicted octanol–water partition coefficient (Wildman–Crippen LogP) is 5.11. The van der Waals surface area contributed by atoms with Gasteiger partial charge in [-0.3, -0.25) is 0 Å². The Balaban J connectivity index is 1.95. The van der Waals surface area contributed by atoms with E-state index >= 15 is 0 Å². The fourth-order valence-corrected chi connectivity index (χ4v) is 2.85. The minimum atomic E-state index is 0.825. The predicted molar refractivity (Wildman–Crippen MR) is 90.9 cm³/mol. The van der Waals surface area contributed by atoms with E-state index < -0.39 is 0 Å². The second-order valence-corrected chi connectivity index (χ2v) is 5.73. The van der Waals surface area contributed by atoms with Crippen LogP contribution in [0.25, 0.3) is 10.8 Å². The standard InChI is InChI=1S/C18H16BrNO/c1-20-12-13-9-10-18(16(19)11-13)21-17-8-4-6-14-5-2-3-7-15(14)17/h2-11,20H,12H2,1H3. The summed E-state index contributed by atoms with van der Waals surface area (Å²) in [5, 5.41) is 5.44. The number of benzene rings is 3. The summed E-state index contributed by atoms with van der Waals surface area (Å²) in [5.74, 6) is 1.70. The quantitative estimate of drug-likeness (QED) is 0.711. The Kier molecular flexibility index (Phi) is 4.23. The van der Waals surface area contributed by atoms with Gasteiger partial charge in [0.1, 0.15) is 11.5 Å². The van der Waals surface area contributed by atoms with E-state index in [-0.39, 0.29) is 0 Å². The molecule has 0 saturated carbocycles. The van der Waals surface area contributed by atoms with Crippen molar-refractivity contribution in [2.75, 3.05) is 7.05 Å². The van der Waals surface area contributed by atoms with E-state index in [9.17, 15) is 0 Å². The number of nitrogens with one attached hydrogen (secondary N) is 1. The molecule has 1 N–H and O–H groups in total. The van der Waals surface area contributed by atoms with Gasteiger partial charge < -0.3 is 10.1 Å². The fraction of sp³-hybridized carbons (Fsp3) is 0.111. The van der Waals surface area contributed by atoms with Gasteiger partial charge in [-0.2, -0.15) is 0 Å². The molecule has 0 aliphatic rings. The number of hydrogen-bond acceptors (Lipinski definition) is 2. The van der Waals surface area contributed by atoms with Crippen LogP contribution in [0, 0.1) is 0 Å². The molecule has 3 aromatic carbocycles. The zero-order chi connectivity index (χ0) is 14.7. The smallest absolute Gasteiger partial charge is 0.141 e. The minimum Gasteiger partial charge on any atom is -0.456 e. The third-order valence-electron chi connectivity index (χ3n) is 3.35. The van der Waals surface area contributed by atoms with Crippen LogP contribution >= 0.6 is 15.9 Å². The lowest BCUT2D eigenvalue weighted by atomic mass is 10.1. The van der Waals surface area contributed by atoms with E-state index in [1.807, 2.05) is 37.4 Å².